The van der Waals surface area contributed by atoms with E-state index in [0.29, 0.717) is 5.92 Å². The fourth-order valence-electron chi connectivity index (χ4n) is 2.05. The third-order valence-corrected chi connectivity index (χ3v) is 2.98. The van der Waals surface area contributed by atoms with Crippen LogP contribution in [0.2, 0.25) is 0 Å². The predicted octanol–water partition coefficient (Wildman–Crippen LogP) is 2.09. The van der Waals surface area contributed by atoms with Gasteiger partial charge in [0.05, 0.1) is 6.61 Å². The zero-order valence-corrected chi connectivity index (χ0v) is 11.3. The summed E-state index contributed by atoms with van der Waals surface area (Å²) in [6.45, 7) is 5.34. The number of Topliss-reactive ketones (excluding diaryl/α,β-unsaturated/α-hetero) is 1. The van der Waals surface area contributed by atoms with Gasteiger partial charge >= 0.3 is 5.97 Å². The van der Waals surface area contributed by atoms with Gasteiger partial charge in [-0.3, -0.25) is 4.79 Å². The molecule has 0 bridgehead atoms. The van der Waals surface area contributed by atoms with E-state index in [2.05, 4.69) is 12.1 Å². The lowest BCUT2D eigenvalue weighted by Crippen LogP contribution is -2.27. The van der Waals surface area contributed by atoms with Crippen LogP contribution in [0.1, 0.15) is 46.5 Å². The molecule has 102 valence electrons. The molecule has 0 saturated heterocycles. The van der Waals surface area contributed by atoms with Crippen LogP contribution < -0.4 is 0 Å². The van der Waals surface area contributed by atoms with Crippen LogP contribution in [0.3, 0.4) is 0 Å². The second-order valence-electron chi connectivity index (χ2n) is 4.72. The molecule has 0 radical (unpaired) electrons. The predicted molar refractivity (Wildman–Crippen MR) is 67.3 cm³/mol. The normalized spacial score (nSPS) is 24.5. The van der Waals surface area contributed by atoms with Gasteiger partial charge in [0.1, 0.15) is 6.10 Å². The van der Waals surface area contributed by atoms with Gasteiger partial charge in [-0.15, -0.1) is 0 Å². The Labute approximate surface area is 108 Å². The first-order chi connectivity index (χ1) is 8.54. The molecule has 0 aromatic rings. The first-order valence-corrected chi connectivity index (χ1v) is 6.46. The number of carbonyl (C=O) groups excluding carboxylic acids is 2. The summed E-state index contributed by atoms with van der Waals surface area (Å²) in [6, 6.07) is 0. The molecule has 1 aliphatic rings. The van der Waals surface area contributed by atoms with Crippen molar-refractivity contribution < 1.29 is 19.2 Å². The van der Waals surface area contributed by atoms with Gasteiger partial charge in [-0.25, -0.2) is 4.79 Å². The van der Waals surface area contributed by atoms with Crippen LogP contribution in [-0.2, 0) is 19.2 Å². The molecule has 0 unspecified atom stereocenters. The van der Waals surface area contributed by atoms with Crippen molar-refractivity contribution in [3.05, 3.63) is 0 Å². The van der Waals surface area contributed by atoms with E-state index in [0.717, 1.165) is 19.3 Å². The molecule has 0 aliphatic heterocycles. The lowest BCUT2D eigenvalue weighted by molar-refractivity contribution is -0.136. The minimum absolute atomic E-state index is 0.00229. The van der Waals surface area contributed by atoms with E-state index in [1.54, 1.807) is 6.92 Å². The summed E-state index contributed by atoms with van der Waals surface area (Å²) < 4.78 is 4.76. The Morgan fingerprint density at radius 2 is 2.06 bits per heavy atom. The second-order valence-corrected chi connectivity index (χ2v) is 4.72. The molecule has 5 nitrogen and oxygen atoms in total. The Bertz CT molecular complexity index is 338. The number of ketones is 1. The Kier molecular flexibility index (Phi) is 5.82. The van der Waals surface area contributed by atoms with Crippen LogP contribution in [0.5, 0.6) is 0 Å². The minimum atomic E-state index is -0.714. The van der Waals surface area contributed by atoms with Crippen molar-refractivity contribution in [1.82, 2.24) is 0 Å². The van der Waals surface area contributed by atoms with Gasteiger partial charge in [0.15, 0.2) is 5.78 Å². The summed E-state index contributed by atoms with van der Waals surface area (Å²) in [4.78, 5) is 28.1. The topological polar surface area (TPSA) is 65.0 Å². The Balaban J connectivity index is 2.59. The molecule has 0 spiro atoms. The summed E-state index contributed by atoms with van der Waals surface area (Å²) in [5, 5.41) is 3.69. The molecular formula is C13H21NO4. The second kappa shape index (κ2) is 7.13. The SMILES string of the molecule is CCOC(=O)/C(=N\O[C@H]1CCC[C@H](C)C1)C(C)=O. The van der Waals surface area contributed by atoms with Gasteiger partial charge in [-0.05, 0) is 32.1 Å². The summed E-state index contributed by atoms with van der Waals surface area (Å²) in [7, 11) is 0. The van der Waals surface area contributed by atoms with Crippen molar-refractivity contribution >= 4 is 17.5 Å². The molecule has 0 aromatic carbocycles. The molecule has 1 aliphatic carbocycles. The van der Waals surface area contributed by atoms with Gasteiger partial charge in [-0.1, -0.05) is 18.5 Å². The van der Waals surface area contributed by atoms with E-state index in [1.165, 1.54) is 13.3 Å². The number of esters is 1. The maximum absolute atomic E-state index is 11.5. The van der Waals surface area contributed by atoms with E-state index in [4.69, 9.17) is 9.57 Å². The number of oxime groups is 1. The largest absolute Gasteiger partial charge is 0.461 e. The van der Waals surface area contributed by atoms with Gasteiger partial charge in [0.25, 0.3) is 0 Å². The molecule has 5 heteroatoms. The molecule has 18 heavy (non-hydrogen) atoms. The van der Waals surface area contributed by atoms with Gasteiger partial charge in [-0.2, -0.15) is 0 Å². The van der Waals surface area contributed by atoms with Gasteiger partial charge in [0, 0.05) is 6.92 Å². The lowest BCUT2D eigenvalue weighted by Gasteiger charge is -2.24. The van der Waals surface area contributed by atoms with Gasteiger partial charge in [0.2, 0.25) is 5.71 Å². The first kappa shape index (κ1) is 14.7. The number of rotatable bonds is 5. The molecule has 0 heterocycles. The Morgan fingerprint density at radius 3 is 2.61 bits per heavy atom. The summed E-state index contributed by atoms with van der Waals surface area (Å²) in [6.07, 6.45) is 4.12. The number of carbonyl (C=O) groups is 2. The van der Waals surface area contributed by atoms with Crippen LogP contribution in [0.15, 0.2) is 5.16 Å². The average molecular weight is 255 g/mol. The van der Waals surface area contributed by atoms with Crippen molar-refractivity contribution in [3.63, 3.8) is 0 Å². The standard InChI is InChI=1S/C13H21NO4/c1-4-17-13(16)12(10(3)15)14-18-11-7-5-6-9(2)8-11/h9,11H,4-8H2,1-3H3/b14-12-/t9-,11-/m0/s1. The van der Waals surface area contributed by atoms with Crippen molar-refractivity contribution in [1.29, 1.82) is 0 Å². The number of nitrogens with zero attached hydrogens (tertiary/aromatic N) is 1. The molecular weight excluding hydrogens is 234 g/mol. The van der Waals surface area contributed by atoms with Crippen LogP contribution in [-0.4, -0.2) is 30.2 Å². The van der Waals surface area contributed by atoms with Crippen LogP contribution in [0.25, 0.3) is 0 Å². The van der Waals surface area contributed by atoms with E-state index in [1.807, 2.05) is 0 Å². The maximum Gasteiger partial charge on any atom is 0.364 e. The van der Waals surface area contributed by atoms with E-state index in [-0.39, 0.29) is 18.4 Å². The van der Waals surface area contributed by atoms with Crippen molar-refractivity contribution in [2.24, 2.45) is 11.1 Å². The summed E-state index contributed by atoms with van der Waals surface area (Å²) >= 11 is 0. The highest BCUT2D eigenvalue weighted by atomic mass is 16.6. The number of hydrogen-bond donors (Lipinski definition) is 0. The highest BCUT2D eigenvalue weighted by Gasteiger charge is 2.23. The third kappa shape index (κ3) is 4.47. The number of ether oxygens (including phenoxy) is 1. The highest BCUT2D eigenvalue weighted by molar-refractivity contribution is 6.63. The maximum atomic E-state index is 11.5. The fourth-order valence-corrected chi connectivity index (χ4v) is 2.05. The number of hydrogen-bond acceptors (Lipinski definition) is 5. The van der Waals surface area contributed by atoms with E-state index >= 15 is 0 Å². The summed E-state index contributed by atoms with van der Waals surface area (Å²) in [5.41, 5.74) is -0.255. The fraction of sp³-hybridized carbons (Fsp3) is 0.769. The van der Waals surface area contributed by atoms with Crippen LogP contribution in [0.4, 0.5) is 0 Å². The van der Waals surface area contributed by atoms with Crippen molar-refractivity contribution in [2.75, 3.05) is 6.61 Å². The highest BCUT2D eigenvalue weighted by Crippen LogP contribution is 2.25. The average Bonchev–Trinajstić information content (AvgIpc) is 2.29. The van der Waals surface area contributed by atoms with Gasteiger partial charge < -0.3 is 9.57 Å². The monoisotopic (exact) mass is 255 g/mol. The van der Waals surface area contributed by atoms with Crippen LogP contribution >= 0.6 is 0 Å². The zero-order chi connectivity index (χ0) is 13.5. The third-order valence-electron chi connectivity index (χ3n) is 2.98. The molecule has 0 amide bonds. The van der Waals surface area contributed by atoms with Crippen molar-refractivity contribution in [3.8, 4) is 0 Å². The van der Waals surface area contributed by atoms with E-state index in [9.17, 15) is 9.59 Å². The molecule has 2 atom stereocenters. The Hall–Kier alpha value is -1.39. The quantitative estimate of drug-likeness (QED) is 0.326. The van der Waals surface area contributed by atoms with Crippen molar-refractivity contribution in [2.45, 2.75) is 52.6 Å². The zero-order valence-electron chi connectivity index (χ0n) is 11.3. The summed E-state index contributed by atoms with van der Waals surface area (Å²) in [5.74, 6) is -0.548. The van der Waals surface area contributed by atoms with Crippen LogP contribution in [0, 0.1) is 5.92 Å². The lowest BCUT2D eigenvalue weighted by atomic mass is 9.89. The molecule has 1 saturated carbocycles. The Morgan fingerprint density at radius 1 is 1.33 bits per heavy atom. The smallest absolute Gasteiger partial charge is 0.364 e. The molecule has 0 aromatic heterocycles. The molecule has 1 fully saturated rings. The molecule has 1 rings (SSSR count). The van der Waals surface area contributed by atoms with E-state index < -0.39 is 11.8 Å². The minimum Gasteiger partial charge on any atom is -0.461 e. The molecule has 0 N–H and O–H groups in total. The first-order valence-electron chi connectivity index (χ1n) is 6.46.